The maximum absolute atomic E-state index is 13.9. The second-order valence-corrected chi connectivity index (χ2v) is 7.15. The van der Waals surface area contributed by atoms with E-state index in [1.165, 1.54) is 6.92 Å². The minimum absolute atomic E-state index is 0.0543. The Labute approximate surface area is 164 Å². The van der Waals surface area contributed by atoms with Gasteiger partial charge in [-0.05, 0) is 12.8 Å². The van der Waals surface area contributed by atoms with Gasteiger partial charge in [-0.3, -0.25) is 4.68 Å². The molecule has 7 nitrogen and oxygen atoms in total. The third-order valence-corrected chi connectivity index (χ3v) is 5.05. The summed E-state index contributed by atoms with van der Waals surface area (Å²) in [6.07, 6.45) is -3.04. The highest BCUT2D eigenvalue weighted by Gasteiger charge is 2.46. The van der Waals surface area contributed by atoms with Crippen LogP contribution in [-0.4, -0.2) is 48.3 Å². The van der Waals surface area contributed by atoms with Gasteiger partial charge in [0.15, 0.2) is 0 Å². The summed E-state index contributed by atoms with van der Waals surface area (Å²) in [5.41, 5.74) is -0.437. The molecule has 1 aliphatic heterocycles. The summed E-state index contributed by atoms with van der Waals surface area (Å²) in [5, 5.41) is 4.40. The van der Waals surface area contributed by atoms with Crippen LogP contribution in [0.3, 0.4) is 0 Å². The lowest BCUT2D eigenvalue weighted by atomic mass is 9.86. The maximum Gasteiger partial charge on any atom is 0.421 e. The van der Waals surface area contributed by atoms with E-state index in [4.69, 9.17) is 18.6 Å². The van der Waals surface area contributed by atoms with Gasteiger partial charge in [0.25, 0.3) is 0 Å². The Morgan fingerprint density at radius 3 is 2.83 bits per heavy atom. The third kappa shape index (κ3) is 3.66. The molecule has 1 saturated heterocycles. The molecule has 1 fully saturated rings. The molecule has 2 aromatic heterocycles. The fourth-order valence-electron chi connectivity index (χ4n) is 3.81. The van der Waals surface area contributed by atoms with Crippen molar-refractivity contribution in [3.05, 3.63) is 28.8 Å². The van der Waals surface area contributed by atoms with Crippen LogP contribution in [0.2, 0.25) is 0 Å². The van der Waals surface area contributed by atoms with Gasteiger partial charge < -0.3 is 18.6 Å². The van der Waals surface area contributed by atoms with E-state index in [1.807, 2.05) is 6.92 Å². The van der Waals surface area contributed by atoms with E-state index in [0.29, 0.717) is 31.9 Å². The Bertz CT molecular complexity index is 912. The quantitative estimate of drug-likeness (QED) is 0.714. The molecule has 4 rings (SSSR count). The second-order valence-electron chi connectivity index (χ2n) is 7.15. The summed E-state index contributed by atoms with van der Waals surface area (Å²) in [7, 11) is 0. The number of fused-ring (bicyclic) bond motifs is 3. The zero-order valence-electron chi connectivity index (χ0n) is 16.0. The number of alkyl halides is 3. The first-order chi connectivity index (χ1) is 13.8. The fraction of sp³-hybridized carbons (Fsp3) is 0.579. The van der Waals surface area contributed by atoms with Gasteiger partial charge >= 0.3 is 12.1 Å². The summed E-state index contributed by atoms with van der Waals surface area (Å²) in [6.45, 7) is 5.10. The molecule has 1 aliphatic carbocycles. The minimum Gasteiger partial charge on any atom is -0.460 e. The van der Waals surface area contributed by atoms with Crippen LogP contribution in [0.1, 0.15) is 47.2 Å². The summed E-state index contributed by atoms with van der Waals surface area (Å²) in [4.78, 5) is 12.1. The highest BCUT2D eigenvalue weighted by molar-refractivity contribution is 5.92. The lowest BCUT2D eigenvalue weighted by Gasteiger charge is -2.22. The van der Waals surface area contributed by atoms with Crippen LogP contribution in [0, 0.1) is 0 Å². The molecular formula is C19H21F3N2O5. The Morgan fingerprint density at radius 1 is 1.38 bits per heavy atom. The number of hydrogen-bond donors (Lipinski definition) is 0. The van der Waals surface area contributed by atoms with Gasteiger partial charge in [-0.2, -0.15) is 18.3 Å². The molecule has 158 valence electrons. The predicted molar refractivity (Wildman–Crippen MR) is 93.6 cm³/mol. The number of halogens is 3. The monoisotopic (exact) mass is 414 g/mol. The molecule has 0 bridgehead atoms. The molecule has 2 aromatic rings. The lowest BCUT2D eigenvalue weighted by Crippen LogP contribution is -2.32. The lowest BCUT2D eigenvalue weighted by molar-refractivity contribution is -0.138. The highest BCUT2D eigenvalue weighted by atomic mass is 19.4. The number of hydrogen-bond acceptors (Lipinski definition) is 6. The summed E-state index contributed by atoms with van der Waals surface area (Å²) in [6, 6.07) is 0. The summed E-state index contributed by atoms with van der Waals surface area (Å²) >= 11 is 0. The smallest absolute Gasteiger partial charge is 0.421 e. The van der Waals surface area contributed by atoms with Crippen LogP contribution in [0.15, 0.2) is 10.6 Å². The van der Waals surface area contributed by atoms with Gasteiger partial charge in [0, 0.05) is 18.2 Å². The molecular weight excluding hydrogens is 393 g/mol. The van der Waals surface area contributed by atoms with Gasteiger partial charge in [-0.1, -0.05) is 6.92 Å². The molecule has 0 spiro atoms. The van der Waals surface area contributed by atoms with Gasteiger partial charge in [0.1, 0.15) is 17.4 Å². The number of carbonyl (C=O) groups excluding carboxylic acids is 1. The normalized spacial score (nSPS) is 21.6. The van der Waals surface area contributed by atoms with E-state index >= 15 is 0 Å². The molecule has 0 amide bonds. The SMILES string of the molecule is CCOC(=O)c1oc2c(c1C(F)(F)F)-c1nn(C[C@H]3COCCO3)cc1[C@H](C)C2. The Balaban J connectivity index is 1.78. The standard InChI is InChI=1S/C19H21F3N2O5/c1-3-27-18(25)17-15(19(20,21)22)14-13(29-17)6-10(2)12-8-24(23-16(12)14)7-11-9-26-4-5-28-11/h8,10-11H,3-7,9H2,1-2H3/t10-,11+/m1/s1. The molecule has 2 atom stereocenters. The molecule has 0 aromatic carbocycles. The van der Waals surface area contributed by atoms with E-state index in [9.17, 15) is 18.0 Å². The van der Waals surface area contributed by atoms with Crippen molar-refractivity contribution >= 4 is 5.97 Å². The van der Waals surface area contributed by atoms with Crippen LogP contribution in [0.4, 0.5) is 13.2 Å². The van der Waals surface area contributed by atoms with E-state index in [-0.39, 0.29) is 42.1 Å². The summed E-state index contributed by atoms with van der Waals surface area (Å²) < 4.78 is 64.4. The largest absolute Gasteiger partial charge is 0.460 e. The number of furan rings is 1. The molecule has 3 heterocycles. The highest BCUT2D eigenvalue weighted by Crippen LogP contribution is 2.48. The number of aromatic nitrogens is 2. The van der Waals surface area contributed by atoms with Crippen molar-refractivity contribution in [2.45, 2.75) is 45.0 Å². The van der Waals surface area contributed by atoms with Crippen LogP contribution in [0.25, 0.3) is 11.3 Å². The molecule has 0 N–H and O–H groups in total. The van der Waals surface area contributed by atoms with E-state index in [0.717, 1.165) is 0 Å². The van der Waals surface area contributed by atoms with Crippen molar-refractivity contribution in [3.63, 3.8) is 0 Å². The number of rotatable bonds is 4. The van der Waals surface area contributed by atoms with Crippen molar-refractivity contribution < 1.29 is 36.6 Å². The van der Waals surface area contributed by atoms with E-state index < -0.39 is 23.5 Å². The minimum atomic E-state index is -4.79. The van der Waals surface area contributed by atoms with Crippen LogP contribution >= 0.6 is 0 Å². The molecule has 29 heavy (non-hydrogen) atoms. The van der Waals surface area contributed by atoms with Gasteiger partial charge in [-0.15, -0.1) is 0 Å². The first kappa shape index (κ1) is 20.0. The third-order valence-electron chi connectivity index (χ3n) is 5.05. The molecule has 10 heteroatoms. The van der Waals surface area contributed by atoms with Crippen molar-refractivity contribution in [1.29, 1.82) is 0 Å². The average Bonchev–Trinajstić information content (AvgIpc) is 3.24. The van der Waals surface area contributed by atoms with Crippen molar-refractivity contribution in [1.82, 2.24) is 9.78 Å². The number of ether oxygens (including phenoxy) is 3. The molecule has 0 unspecified atom stereocenters. The van der Waals surface area contributed by atoms with Crippen molar-refractivity contribution in [3.8, 4) is 11.3 Å². The van der Waals surface area contributed by atoms with Crippen molar-refractivity contribution in [2.75, 3.05) is 26.4 Å². The first-order valence-corrected chi connectivity index (χ1v) is 9.46. The van der Waals surface area contributed by atoms with Crippen LogP contribution in [-0.2, 0) is 33.4 Å². The zero-order chi connectivity index (χ0) is 20.8. The van der Waals surface area contributed by atoms with Gasteiger partial charge in [0.2, 0.25) is 5.76 Å². The maximum atomic E-state index is 13.9. The molecule has 0 radical (unpaired) electrons. The molecule has 2 aliphatic rings. The van der Waals surface area contributed by atoms with Gasteiger partial charge in [0.05, 0.1) is 44.2 Å². The van der Waals surface area contributed by atoms with Crippen molar-refractivity contribution in [2.24, 2.45) is 0 Å². The predicted octanol–water partition coefficient (Wildman–Crippen LogP) is 3.41. The van der Waals surface area contributed by atoms with E-state index in [1.54, 1.807) is 10.9 Å². The first-order valence-electron chi connectivity index (χ1n) is 9.46. The van der Waals surface area contributed by atoms with Crippen LogP contribution in [0.5, 0.6) is 0 Å². The van der Waals surface area contributed by atoms with Crippen LogP contribution < -0.4 is 0 Å². The summed E-state index contributed by atoms with van der Waals surface area (Å²) in [5.74, 6) is -1.96. The topological polar surface area (TPSA) is 75.7 Å². The Morgan fingerprint density at radius 2 is 2.17 bits per heavy atom. The Hall–Kier alpha value is -2.33. The van der Waals surface area contributed by atoms with E-state index in [2.05, 4.69) is 5.10 Å². The number of nitrogens with zero attached hydrogens (tertiary/aromatic N) is 2. The fourth-order valence-corrected chi connectivity index (χ4v) is 3.81. The molecule has 0 saturated carbocycles. The average molecular weight is 414 g/mol. The number of esters is 1. The number of carbonyl (C=O) groups is 1. The second kappa shape index (κ2) is 7.49. The van der Waals surface area contributed by atoms with Gasteiger partial charge in [-0.25, -0.2) is 4.79 Å². The Kier molecular flexibility index (Phi) is 5.16. The zero-order valence-corrected chi connectivity index (χ0v) is 16.0.